The van der Waals surface area contributed by atoms with Crippen molar-refractivity contribution in [1.29, 1.82) is 0 Å². The standard InChI is InChI=1S/C11H21NO5/c1-7(2)16-6-8(9(13)14)12-10(15)17-11(3,4)5/h7-8H,6H2,1-5H3,(H,12,15)(H,13,14). The van der Waals surface area contributed by atoms with Gasteiger partial charge in [-0.3, -0.25) is 0 Å². The molecule has 0 aliphatic carbocycles. The van der Waals surface area contributed by atoms with Crippen molar-refractivity contribution in [3.05, 3.63) is 0 Å². The molecule has 0 aromatic rings. The number of amides is 1. The molecule has 6 nitrogen and oxygen atoms in total. The highest BCUT2D eigenvalue weighted by atomic mass is 16.6. The second kappa shape index (κ2) is 6.44. The number of carbonyl (C=O) groups is 2. The van der Waals surface area contributed by atoms with E-state index >= 15 is 0 Å². The summed E-state index contributed by atoms with van der Waals surface area (Å²) in [6, 6.07) is -1.10. The fourth-order valence-corrected chi connectivity index (χ4v) is 0.913. The second-order valence-corrected chi connectivity index (χ2v) is 4.92. The van der Waals surface area contributed by atoms with Crippen LogP contribution in [0.25, 0.3) is 0 Å². The zero-order chi connectivity index (χ0) is 13.6. The average molecular weight is 247 g/mol. The number of ether oxygens (including phenoxy) is 2. The molecule has 0 aromatic carbocycles. The number of carboxylic acid groups (broad SMARTS) is 1. The van der Waals surface area contributed by atoms with Crippen LogP contribution in [0.1, 0.15) is 34.6 Å². The Morgan fingerprint density at radius 2 is 1.82 bits per heavy atom. The van der Waals surface area contributed by atoms with E-state index in [2.05, 4.69) is 5.32 Å². The zero-order valence-electron chi connectivity index (χ0n) is 10.9. The summed E-state index contributed by atoms with van der Waals surface area (Å²) in [4.78, 5) is 22.2. The molecule has 0 bridgehead atoms. The van der Waals surface area contributed by atoms with Gasteiger partial charge in [-0.25, -0.2) is 9.59 Å². The van der Waals surface area contributed by atoms with E-state index in [1.807, 2.05) is 0 Å². The summed E-state index contributed by atoms with van der Waals surface area (Å²) in [6.45, 7) is 8.58. The van der Waals surface area contributed by atoms with Crippen molar-refractivity contribution in [1.82, 2.24) is 5.32 Å². The number of hydrogen-bond donors (Lipinski definition) is 2. The van der Waals surface area contributed by atoms with Crippen molar-refractivity contribution >= 4 is 12.1 Å². The fraction of sp³-hybridized carbons (Fsp3) is 0.818. The van der Waals surface area contributed by atoms with Crippen LogP contribution < -0.4 is 5.32 Å². The van der Waals surface area contributed by atoms with Crippen LogP contribution in [0, 0.1) is 0 Å². The van der Waals surface area contributed by atoms with Gasteiger partial charge in [-0.15, -0.1) is 0 Å². The fourth-order valence-electron chi connectivity index (χ4n) is 0.913. The largest absolute Gasteiger partial charge is 0.480 e. The SMILES string of the molecule is CC(C)OCC(NC(=O)OC(C)(C)C)C(=O)O. The molecule has 0 saturated carbocycles. The van der Waals surface area contributed by atoms with Gasteiger partial charge in [0.1, 0.15) is 5.60 Å². The van der Waals surface area contributed by atoms with E-state index < -0.39 is 23.7 Å². The van der Waals surface area contributed by atoms with Gasteiger partial charge in [0.25, 0.3) is 0 Å². The molecular weight excluding hydrogens is 226 g/mol. The topological polar surface area (TPSA) is 84.9 Å². The lowest BCUT2D eigenvalue weighted by Gasteiger charge is -2.22. The third-order valence-corrected chi connectivity index (χ3v) is 1.59. The predicted octanol–water partition coefficient (Wildman–Crippen LogP) is 1.39. The number of nitrogens with one attached hydrogen (secondary N) is 1. The van der Waals surface area contributed by atoms with Crippen LogP contribution in [0.5, 0.6) is 0 Å². The first-order valence-electron chi connectivity index (χ1n) is 5.45. The lowest BCUT2D eigenvalue weighted by atomic mass is 10.2. The molecule has 1 amide bonds. The molecule has 0 spiro atoms. The van der Waals surface area contributed by atoms with E-state index in [4.69, 9.17) is 14.6 Å². The van der Waals surface area contributed by atoms with Crippen molar-refractivity contribution in [3.8, 4) is 0 Å². The normalized spacial score (nSPS) is 13.3. The van der Waals surface area contributed by atoms with Gasteiger partial charge in [0.2, 0.25) is 0 Å². The lowest BCUT2D eigenvalue weighted by Crippen LogP contribution is -2.46. The zero-order valence-corrected chi connectivity index (χ0v) is 10.9. The van der Waals surface area contributed by atoms with Crippen molar-refractivity contribution in [2.24, 2.45) is 0 Å². The second-order valence-electron chi connectivity index (χ2n) is 4.92. The quantitative estimate of drug-likeness (QED) is 0.766. The molecule has 0 aliphatic heterocycles. The van der Waals surface area contributed by atoms with E-state index in [1.165, 1.54) is 0 Å². The Balaban J connectivity index is 4.26. The smallest absolute Gasteiger partial charge is 0.408 e. The molecule has 0 saturated heterocycles. The third-order valence-electron chi connectivity index (χ3n) is 1.59. The Kier molecular flexibility index (Phi) is 5.95. The summed E-state index contributed by atoms with van der Waals surface area (Å²) in [5, 5.41) is 11.1. The van der Waals surface area contributed by atoms with Gasteiger partial charge in [-0.05, 0) is 34.6 Å². The minimum Gasteiger partial charge on any atom is -0.480 e. The summed E-state index contributed by atoms with van der Waals surface area (Å²) in [5.41, 5.74) is -0.661. The molecule has 0 radical (unpaired) electrons. The Morgan fingerprint density at radius 3 is 2.18 bits per heavy atom. The Hall–Kier alpha value is -1.30. The minimum absolute atomic E-state index is 0.0910. The summed E-state index contributed by atoms with van der Waals surface area (Å²) >= 11 is 0. The average Bonchev–Trinajstić information content (AvgIpc) is 2.08. The van der Waals surface area contributed by atoms with Crippen LogP contribution >= 0.6 is 0 Å². The maximum absolute atomic E-state index is 11.4. The highest BCUT2D eigenvalue weighted by Crippen LogP contribution is 2.07. The summed E-state index contributed by atoms with van der Waals surface area (Å²) in [7, 11) is 0. The van der Waals surface area contributed by atoms with Crippen molar-refractivity contribution < 1.29 is 24.2 Å². The number of aliphatic carboxylic acids is 1. The third kappa shape index (κ3) is 8.50. The van der Waals surface area contributed by atoms with Gasteiger partial charge < -0.3 is 19.9 Å². The summed E-state index contributed by atoms with van der Waals surface area (Å²) < 4.78 is 10.1. The number of carbonyl (C=O) groups excluding carboxylic acids is 1. The number of carboxylic acids is 1. The van der Waals surface area contributed by atoms with Crippen LogP contribution in [-0.2, 0) is 14.3 Å². The molecule has 0 fully saturated rings. The molecule has 0 rings (SSSR count). The Bertz CT molecular complexity index is 270. The highest BCUT2D eigenvalue weighted by molar-refractivity contribution is 5.80. The molecule has 1 unspecified atom stereocenters. The van der Waals surface area contributed by atoms with E-state index in [-0.39, 0.29) is 12.7 Å². The van der Waals surface area contributed by atoms with Gasteiger partial charge >= 0.3 is 12.1 Å². The van der Waals surface area contributed by atoms with E-state index in [0.717, 1.165) is 0 Å². The lowest BCUT2D eigenvalue weighted by molar-refractivity contribution is -0.141. The van der Waals surface area contributed by atoms with E-state index in [0.29, 0.717) is 0 Å². The molecule has 100 valence electrons. The summed E-state index contributed by atoms with van der Waals surface area (Å²) in [5.74, 6) is -1.16. The molecule has 0 aliphatic rings. The number of alkyl carbamates (subject to hydrolysis) is 1. The minimum atomic E-state index is -1.16. The van der Waals surface area contributed by atoms with E-state index in [1.54, 1.807) is 34.6 Å². The molecular formula is C11H21NO5. The number of hydrogen-bond acceptors (Lipinski definition) is 4. The predicted molar refractivity (Wildman–Crippen MR) is 61.9 cm³/mol. The van der Waals surface area contributed by atoms with Gasteiger partial charge in [0.05, 0.1) is 12.7 Å². The van der Waals surface area contributed by atoms with E-state index in [9.17, 15) is 9.59 Å². The molecule has 0 heterocycles. The van der Waals surface area contributed by atoms with Gasteiger partial charge in [-0.2, -0.15) is 0 Å². The Morgan fingerprint density at radius 1 is 1.29 bits per heavy atom. The molecule has 0 aromatic heterocycles. The van der Waals surface area contributed by atoms with Gasteiger partial charge in [-0.1, -0.05) is 0 Å². The first kappa shape index (κ1) is 15.7. The molecule has 6 heteroatoms. The maximum atomic E-state index is 11.4. The van der Waals surface area contributed by atoms with Crippen LogP contribution in [0.3, 0.4) is 0 Å². The van der Waals surface area contributed by atoms with Crippen LogP contribution in [0.2, 0.25) is 0 Å². The van der Waals surface area contributed by atoms with Gasteiger partial charge in [0.15, 0.2) is 6.04 Å². The molecule has 17 heavy (non-hydrogen) atoms. The first-order valence-corrected chi connectivity index (χ1v) is 5.45. The summed E-state index contributed by atoms with van der Waals surface area (Å²) in [6.07, 6.45) is -0.866. The highest BCUT2D eigenvalue weighted by Gasteiger charge is 2.24. The van der Waals surface area contributed by atoms with Crippen LogP contribution in [0.4, 0.5) is 4.79 Å². The van der Waals surface area contributed by atoms with Crippen LogP contribution in [-0.4, -0.2) is 41.5 Å². The monoisotopic (exact) mass is 247 g/mol. The molecule has 2 N–H and O–H groups in total. The van der Waals surface area contributed by atoms with Crippen molar-refractivity contribution in [3.63, 3.8) is 0 Å². The van der Waals surface area contributed by atoms with Crippen LogP contribution in [0.15, 0.2) is 0 Å². The first-order chi connectivity index (χ1) is 7.61. The maximum Gasteiger partial charge on any atom is 0.408 e. The van der Waals surface area contributed by atoms with Crippen molar-refractivity contribution in [2.75, 3.05) is 6.61 Å². The van der Waals surface area contributed by atoms with Gasteiger partial charge in [0, 0.05) is 0 Å². The number of rotatable bonds is 5. The van der Waals surface area contributed by atoms with Crippen molar-refractivity contribution in [2.45, 2.75) is 52.4 Å². The molecule has 1 atom stereocenters. The Labute approximate surface area is 101 Å².